The fourth-order valence-electron chi connectivity index (χ4n) is 5.54. The summed E-state index contributed by atoms with van der Waals surface area (Å²) >= 11 is 0. The van der Waals surface area contributed by atoms with Gasteiger partial charge in [0, 0.05) is 57.3 Å². The van der Waals surface area contributed by atoms with Crippen molar-refractivity contribution < 1.29 is 19.5 Å². The summed E-state index contributed by atoms with van der Waals surface area (Å²) in [5.41, 5.74) is 4.74. The first-order valence-electron chi connectivity index (χ1n) is 14.9. The smallest absolute Gasteiger partial charge is 0.305 e. The Morgan fingerprint density at radius 2 is 1.60 bits per heavy atom. The number of nitrogens with zero attached hydrogens (tertiary/aromatic N) is 4. The van der Waals surface area contributed by atoms with E-state index in [9.17, 15) is 19.5 Å². The van der Waals surface area contributed by atoms with Gasteiger partial charge in [-0.2, -0.15) is 0 Å². The van der Waals surface area contributed by atoms with Gasteiger partial charge >= 0.3 is 5.97 Å². The molecule has 1 aliphatic heterocycles. The number of rotatable bonds is 11. The summed E-state index contributed by atoms with van der Waals surface area (Å²) in [7, 11) is 0. The van der Waals surface area contributed by atoms with Crippen LogP contribution in [0.4, 0.5) is 17.2 Å². The second-order valence-corrected chi connectivity index (χ2v) is 11.5. The lowest BCUT2D eigenvalue weighted by atomic mass is 10.0. The van der Waals surface area contributed by atoms with E-state index in [0.29, 0.717) is 6.54 Å². The monoisotopic (exact) mass is 567 g/mol. The molecule has 0 bridgehead atoms. The van der Waals surface area contributed by atoms with Gasteiger partial charge < -0.3 is 25.1 Å². The van der Waals surface area contributed by atoms with Crippen molar-refractivity contribution in [3.8, 4) is 11.1 Å². The summed E-state index contributed by atoms with van der Waals surface area (Å²) in [4.78, 5) is 47.7. The zero-order chi connectivity index (χ0) is 29.1. The van der Waals surface area contributed by atoms with E-state index < -0.39 is 5.97 Å². The molecule has 9 heteroatoms. The molecule has 0 atom stereocenters. The molecule has 2 heterocycles. The highest BCUT2D eigenvalue weighted by Gasteiger charge is 2.34. The Morgan fingerprint density at radius 1 is 0.857 bits per heavy atom. The Kier molecular flexibility index (Phi) is 8.08. The van der Waals surface area contributed by atoms with E-state index >= 15 is 0 Å². The third-order valence-corrected chi connectivity index (χ3v) is 8.26. The lowest BCUT2D eigenvalue weighted by Crippen LogP contribution is -2.47. The molecule has 2 amide bonds. The molecule has 2 N–H and O–H groups in total. The van der Waals surface area contributed by atoms with Crippen molar-refractivity contribution in [3.63, 3.8) is 0 Å². The number of carboxylic acid groups (broad SMARTS) is 1. The van der Waals surface area contributed by atoms with Crippen LogP contribution in [0.1, 0.15) is 37.7 Å². The van der Waals surface area contributed by atoms with Crippen LogP contribution in [-0.4, -0.2) is 65.5 Å². The molecule has 0 spiro atoms. The highest BCUT2D eigenvalue weighted by atomic mass is 16.4. The van der Waals surface area contributed by atoms with Crippen LogP contribution >= 0.6 is 0 Å². The predicted octanol–water partition coefficient (Wildman–Crippen LogP) is 4.64. The molecule has 42 heavy (non-hydrogen) atoms. The summed E-state index contributed by atoms with van der Waals surface area (Å²) < 4.78 is 0. The maximum atomic E-state index is 12.9. The first-order valence-corrected chi connectivity index (χ1v) is 14.9. The maximum Gasteiger partial charge on any atom is 0.305 e. The number of aromatic nitrogens is 1. The quantitative estimate of drug-likeness (QED) is 0.348. The van der Waals surface area contributed by atoms with Gasteiger partial charge in [-0.3, -0.25) is 14.4 Å². The first-order chi connectivity index (χ1) is 20.4. The fraction of sp³-hybridized carbons (Fsp3) is 0.394. The lowest BCUT2D eigenvalue weighted by Gasteiger charge is -2.37. The molecular formula is C33H37N5O4. The van der Waals surface area contributed by atoms with Crippen molar-refractivity contribution in [2.45, 2.75) is 38.6 Å². The molecule has 0 radical (unpaired) electrons. The highest BCUT2D eigenvalue weighted by Crippen LogP contribution is 2.36. The highest BCUT2D eigenvalue weighted by molar-refractivity contribution is 5.98. The van der Waals surface area contributed by atoms with Crippen LogP contribution in [0.25, 0.3) is 11.1 Å². The number of benzene rings is 2. The van der Waals surface area contributed by atoms with Crippen molar-refractivity contribution in [3.05, 3.63) is 72.4 Å². The number of hydrogen-bond donors (Lipinski definition) is 2. The van der Waals surface area contributed by atoms with Gasteiger partial charge in [-0.05, 0) is 72.7 Å². The van der Waals surface area contributed by atoms with Crippen molar-refractivity contribution >= 4 is 35.0 Å². The van der Waals surface area contributed by atoms with Crippen LogP contribution in [0.15, 0.2) is 66.9 Å². The third-order valence-electron chi connectivity index (χ3n) is 8.26. The van der Waals surface area contributed by atoms with Crippen LogP contribution in [0, 0.1) is 11.8 Å². The van der Waals surface area contributed by atoms with E-state index in [-0.39, 0.29) is 36.6 Å². The van der Waals surface area contributed by atoms with Gasteiger partial charge in [0.25, 0.3) is 0 Å². The van der Waals surface area contributed by atoms with Gasteiger partial charge in [-0.15, -0.1) is 0 Å². The van der Waals surface area contributed by atoms with Crippen molar-refractivity contribution in [2.24, 2.45) is 11.8 Å². The van der Waals surface area contributed by atoms with Crippen LogP contribution < -0.4 is 15.1 Å². The number of aliphatic carboxylic acids is 1. The zero-order valence-electron chi connectivity index (χ0n) is 23.7. The second-order valence-electron chi connectivity index (χ2n) is 11.5. The predicted molar refractivity (Wildman–Crippen MR) is 162 cm³/mol. The number of amides is 2. The minimum Gasteiger partial charge on any atom is -0.481 e. The van der Waals surface area contributed by atoms with E-state index in [0.717, 1.165) is 85.7 Å². The number of nitrogens with one attached hydrogen (secondary N) is 1. The summed E-state index contributed by atoms with van der Waals surface area (Å²) in [6.45, 7) is 3.90. The SMILES string of the molecule is O=C(O)CCN(Cc1cccc(-c2ccc(N3CCN(c4ccccn4)CC3)c(NC(=O)C3CC3)c2)c1)C(=O)C1CC1. The Hall–Kier alpha value is -4.40. The number of piperazine rings is 1. The van der Waals surface area contributed by atoms with Crippen LogP contribution in [0.2, 0.25) is 0 Å². The van der Waals surface area contributed by atoms with Gasteiger partial charge in [0.05, 0.1) is 17.8 Å². The second kappa shape index (κ2) is 12.2. The number of pyridine rings is 1. The molecular weight excluding hydrogens is 530 g/mol. The molecule has 2 saturated carbocycles. The Morgan fingerprint density at radius 3 is 2.29 bits per heavy atom. The molecule has 2 aliphatic carbocycles. The average molecular weight is 568 g/mol. The van der Waals surface area contributed by atoms with E-state index in [2.05, 4.69) is 44.4 Å². The number of carbonyl (C=O) groups is 3. The van der Waals surface area contributed by atoms with Crippen molar-refractivity contribution in [1.82, 2.24) is 9.88 Å². The topological polar surface area (TPSA) is 106 Å². The molecule has 218 valence electrons. The summed E-state index contributed by atoms with van der Waals surface area (Å²) in [5.74, 6) is 0.303. The zero-order valence-corrected chi connectivity index (χ0v) is 23.7. The Labute approximate surface area is 246 Å². The van der Waals surface area contributed by atoms with Gasteiger partial charge in [0.15, 0.2) is 0 Å². The molecule has 1 aromatic heterocycles. The molecule has 3 aromatic rings. The average Bonchev–Trinajstić information content (AvgIpc) is 3.93. The molecule has 9 nitrogen and oxygen atoms in total. The molecule has 3 fully saturated rings. The van der Waals surface area contributed by atoms with E-state index in [1.54, 1.807) is 4.90 Å². The Balaban J connectivity index is 1.22. The molecule has 3 aliphatic rings. The largest absolute Gasteiger partial charge is 0.481 e. The summed E-state index contributed by atoms with van der Waals surface area (Å²) in [6.07, 6.45) is 5.37. The molecule has 6 rings (SSSR count). The number of carboxylic acids is 1. The minimum atomic E-state index is -0.906. The molecule has 2 aromatic carbocycles. The maximum absolute atomic E-state index is 12.9. The molecule has 0 unspecified atom stereocenters. The lowest BCUT2D eigenvalue weighted by molar-refractivity contribution is -0.139. The van der Waals surface area contributed by atoms with Gasteiger partial charge in [0.1, 0.15) is 5.82 Å². The van der Waals surface area contributed by atoms with Gasteiger partial charge in [-0.25, -0.2) is 4.98 Å². The van der Waals surface area contributed by atoms with Crippen molar-refractivity contribution in [2.75, 3.05) is 47.8 Å². The summed E-state index contributed by atoms with van der Waals surface area (Å²) in [5, 5.41) is 12.4. The first kappa shape index (κ1) is 27.8. The van der Waals surface area contributed by atoms with Crippen molar-refractivity contribution in [1.29, 1.82) is 0 Å². The van der Waals surface area contributed by atoms with Crippen LogP contribution in [0.3, 0.4) is 0 Å². The third kappa shape index (κ3) is 6.73. The van der Waals surface area contributed by atoms with Gasteiger partial charge in [-0.1, -0.05) is 30.3 Å². The van der Waals surface area contributed by atoms with Crippen LogP contribution in [0.5, 0.6) is 0 Å². The van der Waals surface area contributed by atoms with E-state index in [1.807, 2.05) is 42.6 Å². The minimum absolute atomic E-state index is 0.0259. The standard InChI is InChI=1S/C33H37N5O4/c39-31(40)13-15-38(33(42)25-9-10-25)22-23-4-3-5-26(20-23)27-11-12-29(28(21-27)35-32(41)24-7-8-24)36-16-18-37(19-17-36)30-6-1-2-14-34-30/h1-6,11-12,14,20-21,24-25H,7-10,13,15-19,22H2,(H,35,41)(H,39,40). The number of anilines is 3. The fourth-order valence-corrected chi connectivity index (χ4v) is 5.54. The molecule has 1 saturated heterocycles. The van der Waals surface area contributed by atoms with E-state index in [1.165, 1.54) is 0 Å². The number of hydrogen-bond acceptors (Lipinski definition) is 6. The van der Waals surface area contributed by atoms with E-state index in [4.69, 9.17) is 0 Å². The van der Waals surface area contributed by atoms with Gasteiger partial charge in [0.2, 0.25) is 11.8 Å². The Bertz CT molecular complexity index is 1450. The summed E-state index contributed by atoms with van der Waals surface area (Å²) in [6, 6.07) is 20.2. The number of carbonyl (C=O) groups excluding carboxylic acids is 2. The normalized spacial score (nSPS) is 16.7. The van der Waals surface area contributed by atoms with Crippen LogP contribution in [-0.2, 0) is 20.9 Å².